The number of alkyl halides is 3. The number of hydrazine groups is 1. The molecule has 0 amide bonds. The highest BCUT2D eigenvalue weighted by molar-refractivity contribution is 6.13. The Kier molecular flexibility index (Phi) is 3.17. The third-order valence-corrected chi connectivity index (χ3v) is 1.56. The SMILES string of the molecule is Fc1cc(NNCl)ccc1C(F)(F)F. The minimum absolute atomic E-state index is 0.102. The first-order valence-corrected chi connectivity index (χ1v) is 3.81. The van der Waals surface area contributed by atoms with Gasteiger partial charge in [-0.25, -0.2) is 4.39 Å². The first-order valence-electron chi connectivity index (χ1n) is 3.43. The molecule has 7 heteroatoms. The van der Waals surface area contributed by atoms with Gasteiger partial charge in [-0.3, -0.25) is 0 Å². The van der Waals surface area contributed by atoms with Crippen molar-refractivity contribution in [3.63, 3.8) is 0 Å². The number of hydrogen-bond donors (Lipinski definition) is 2. The molecule has 0 aliphatic carbocycles. The fourth-order valence-corrected chi connectivity index (χ4v) is 0.986. The summed E-state index contributed by atoms with van der Waals surface area (Å²) < 4.78 is 49.0. The van der Waals surface area contributed by atoms with Crippen molar-refractivity contribution in [2.75, 3.05) is 5.43 Å². The molecule has 1 aromatic carbocycles. The molecule has 0 aromatic heterocycles. The third kappa shape index (κ3) is 2.49. The van der Waals surface area contributed by atoms with E-state index < -0.39 is 17.6 Å². The molecule has 0 aliphatic rings. The van der Waals surface area contributed by atoms with Gasteiger partial charge in [0.05, 0.1) is 11.3 Å². The Balaban J connectivity index is 3.02. The second-order valence-electron chi connectivity index (χ2n) is 2.41. The second-order valence-corrected chi connectivity index (χ2v) is 2.60. The summed E-state index contributed by atoms with van der Waals surface area (Å²) in [6.07, 6.45) is -4.68. The zero-order valence-electron chi connectivity index (χ0n) is 6.62. The summed E-state index contributed by atoms with van der Waals surface area (Å²) >= 11 is 5.01. The summed E-state index contributed by atoms with van der Waals surface area (Å²) in [7, 11) is 0. The van der Waals surface area contributed by atoms with E-state index in [-0.39, 0.29) is 5.69 Å². The zero-order valence-corrected chi connectivity index (χ0v) is 7.38. The van der Waals surface area contributed by atoms with Gasteiger partial charge in [0.2, 0.25) is 0 Å². The fourth-order valence-electron chi connectivity index (χ4n) is 0.877. The lowest BCUT2D eigenvalue weighted by Gasteiger charge is -2.09. The molecule has 2 nitrogen and oxygen atoms in total. The van der Waals surface area contributed by atoms with Gasteiger partial charge >= 0.3 is 6.18 Å². The van der Waals surface area contributed by atoms with Gasteiger partial charge < -0.3 is 5.43 Å². The fraction of sp³-hybridized carbons (Fsp3) is 0.143. The molecule has 0 aliphatic heterocycles. The molecule has 0 radical (unpaired) electrons. The molecule has 0 fully saturated rings. The molecule has 0 unspecified atom stereocenters. The predicted molar refractivity (Wildman–Crippen MR) is 44.0 cm³/mol. The van der Waals surface area contributed by atoms with Crippen molar-refractivity contribution in [2.24, 2.45) is 0 Å². The van der Waals surface area contributed by atoms with E-state index in [4.69, 9.17) is 11.8 Å². The Hall–Kier alpha value is -1.01. The average molecular weight is 229 g/mol. The molecule has 0 heterocycles. The van der Waals surface area contributed by atoms with Gasteiger partial charge in [-0.05, 0) is 30.0 Å². The highest BCUT2D eigenvalue weighted by Gasteiger charge is 2.33. The molecular formula is C7H5ClF4N2. The van der Waals surface area contributed by atoms with Crippen molar-refractivity contribution in [3.8, 4) is 0 Å². The van der Waals surface area contributed by atoms with Crippen molar-refractivity contribution in [2.45, 2.75) is 6.18 Å². The molecule has 0 saturated carbocycles. The summed E-state index contributed by atoms with van der Waals surface area (Å²) in [6.45, 7) is 0. The molecule has 2 N–H and O–H groups in total. The number of halogens is 5. The molecule has 0 bridgehead atoms. The summed E-state index contributed by atoms with van der Waals surface area (Å²) in [4.78, 5) is 1.94. The van der Waals surface area contributed by atoms with Gasteiger partial charge in [-0.1, -0.05) is 0 Å². The van der Waals surface area contributed by atoms with Gasteiger partial charge in [-0.2, -0.15) is 13.2 Å². The monoisotopic (exact) mass is 228 g/mol. The lowest BCUT2D eigenvalue weighted by Crippen LogP contribution is -2.11. The first-order chi connectivity index (χ1) is 6.45. The Morgan fingerprint density at radius 3 is 2.29 bits per heavy atom. The molecule has 1 rings (SSSR count). The first kappa shape index (κ1) is 11.1. The minimum atomic E-state index is -4.68. The van der Waals surface area contributed by atoms with Crippen LogP contribution in [0.5, 0.6) is 0 Å². The Morgan fingerprint density at radius 2 is 1.86 bits per heavy atom. The maximum Gasteiger partial charge on any atom is 0.419 e. The van der Waals surface area contributed by atoms with Crippen LogP contribution in [0, 0.1) is 5.82 Å². The molecule has 78 valence electrons. The lowest BCUT2D eigenvalue weighted by atomic mass is 10.2. The average Bonchev–Trinajstić information content (AvgIpc) is 2.02. The van der Waals surface area contributed by atoms with Crippen molar-refractivity contribution < 1.29 is 17.6 Å². The number of rotatable bonds is 2. The van der Waals surface area contributed by atoms with Crippen molar-refractivity contribution in [1.29, 1.82) is 0 Å². The molecule has 1 aromatic rings. The normalized spacial score (nSPS) is 11.5. The lowest BCUT2D eigenvalue weighted by molar-refractivity contribution is -0.139. The van der Waals surface area contributed by atoms with Crippen LogP contribution in [0.3, 0.4) is 0 Å². The van der Waals surface area contributed by atoms with Gasteiger partial charge in [-0.15, -0.1) is 4.94 Å². The van der Waals surface area contributed by atoms with E-state index in [1.807, 2.05) is 4.94 Å². The van der Waals surface area contributed by atoms with Gasteiger partial charge in [0.1, 0.15) is 5.82 Å². The highest BCUT2D eigenvalue weighted by atomic mass is 35.5. The number of benzene rings is 1. The van der Waals surface area contributed by atoms with Gasteiger partial charge in [0.15, 0.2) is 0 Å². The van der Waals surface area contributed by atoms with E-state index in [1.54, 1.807) is 0 Å². The van der Waals surface area contributed by atoms with Crippen molar-refractivity contribution in [3.05, 3.63) is 29.6 Å². The van der Waals surface area contributed by atoms with Crippen LogP contribution >= 0.6 is 11.8 Å². The second kappa shape index (κ2) is 4.02. The number of nitrogens with one attached hydrogen (secondary N) is 2. The van der Waals surface area contributed by atoms with E-state index >= 15 is 0 Å². The molecule has 14 heavy (non-hydrogen) atoms. The Labute approximate surface area is 81.9 Å². The smallest absolute Gasteiger partial charge is 0.308 e. The van der Waals surface area contributed by atoms with Crippen LogP contribution in [-0.4, -0.2) is 0 Å². The van der Waals surface area contributed by atoms with Gasteiger partial charge in [0, 0.05) is 0 Å². The van der Waals surface area contributed by atoms with Gasteiger partial charge in [0.25, 0.3) is 0 Å². The molecule has 0 saturated heterocycles. The molecular weight excluding hydrogens is 224 g/mol. The Bertz CT molecular complexity index is 326. The van der Waals surface area contributed by atoms with Crippen molar-refractivity contribution in [1.82, 2.24) is 4.94 Å². The van der Waals surface area contributed by atoms with Crippen molar-refractivity contribution >= 4 is 17.5 Å². The zero-order chi connectivity index (χ0) is 10.8. The largest absolute Gasteiger partial charge is 0.419 e. The van der Waals surface area contributed by atoms with Crippen LogP contribution in [0.2, 0.25) is 0 Å². The summed E-state index contributed by atoms with van der Waals surface area (Å²) in [5, 5.41) is 0. The Morgan fingerprint density at radius 1 is 1.21 bits per heavy atom. The number of anilines is 1. The highest BCUT2D eigenvalue weighted by Crippen LogP contribution is 2.32. The molecule has 0 spiro atoms. The maximum atomic E-state index is 12.8. The minimum Gasteiger partial charge on any atom is -0.308 e. The van der Waals surface area contributed by atoms with E-state index in [1.165, 1.54) is 0 Å². The third-order valence-electron chi connectivity index (χ3n) is 1.47. The summed E-state index contributed by atoms with van der Waals surface area (Å²) in [6, 6.07) is 2.38. The van der Waals surface area contributed by atoms with Crippen LogP contribution in [0.15, 0.2) is 18.2 Å². The topological polar surface area (TPSA) is 24.1 Å². The van der Waals surface area contributed by atoms with Crippen LogP contribution < -0.4 is 10.4 Å². The number of hydrogen-bond acceptors (Lipinski definition) is 2. The van der Waals surface area contributed by atoms with Crippen LogP contribution in [0.1, 0.15) is 5.56 Å². The van der Waals surface area contributed by atoms with E-state index in [9.17, 15) is 17.6 Å². The predicted octanol–water partition coefficient (Wildman–Crippen LogP) is 2.91. The van der Waals surface area contributed by atoms with Crippen LogP contribution in [0.25, 0.3) is 0 Å². The summed E-state index contributed by atoms with van der Waals surface area (Å²) in [5.41, 5.74) is 1.03. The van der Waals surface area contributed by atoms with Crippen LogP contribution in [0.4, 0.5) is 23.2 Å². The standard InChI is InChI=1S/C7H5ClF4N2/c8-14-13-4-1-2-5(6(9)3-4)7(10,11)12/h1-3,13-14H. The summed E-state index contributed by atoms with van der Waals surface area (Å²) in [5.74, 6) is -1.35. The maximum absolute atomic E-state index is 12.8. The van der Waals surface area contributed by atoms with Crippen LogP contribution in [-0.2, 0) is 6.18 Å². The van der Waals surface area contributed by atoms with E-state index in [0.29, 0.717) is 12.1 Å². The molecule has 0 atom stereocenters. The quantitative estimate of drug-likeness (QED) is 0.462. The van der Waals surface area contributed by atoms with E-state index in [2.05, 4.69) is 5.43 Å². The van der Waals surface area contributed by atoms with E-state index in [0.717, 1.165) is 6.07 Å².